The lowest BCUT2D eigenvalue weighted by Crippen LogP contribution is -2.25. The van der Waals surface area contributed by atoms with E-state index in [9.17, 15) is 13.2 Å². The highest BCUT2D eigenvalue weighted by molar-refractivity contribution is 6.70. The van der Waals surface area contributed by atoms with Crippen LogP contribution in [0.2, 0.25) is 0 Å². The van der Waals surface area contributed by atoms with Crippen molar-refractivity contribution >= 4 is 22.5 Å². The van der Waals surface area contributed by atoms with Crippen LogP contribution in [0, 0.1) is 0 Å². The molecular weight excluding hydrogens is 427 g/mol. The Morgan fingerprint density at radius 3 is 2.61 bits per heavy atom. The molecule has 1 atom stereocenters. The molecule has 0 saturated heterocycles. The summed E-state index contributed by atoms with van der Waals surface area (Å²) in [5.41, 5.74) is 1.77. The quantitative estimate of drug-likeness (QED) is 0.465. The topological polar surface area (TPSA) is 46.5 Å². The molecule has 31 heavy (non-hydrogen) atoms. The fraction of sp³-hybridized carbons (Fsp3) is 0.217. The molecule has 0 spiro atoms. The molecule has 0 radical (unpaired) electrons. The van der Waals surface area contributed by atoms with Crippen molar-refractivity contribution in [2.45, 2.75) is 25.4 Å². The fourth-order valence-corrected chi connectivity index (χ4v) is 3.65. The summed E-state index contributed by atoms with van der Waals surface area (Å²) in [4.78, 5) is 8.38. The Hall–Kier alpha value is -2.90. The Kier molecular flexibility index (Phi) is 6.25. The van der Waals surface area contributed by atoms with E-state index < -0.39 is 11.7 Å². The molecule has 0 saturated carbocycles. The first-order chi connectivity index (χ1) is 14.9. The lowest BCUT2D eigenvalue weighted by atomic mass is 10.0. The smallest absolute Gasteiger partial charge is 0.377 e. The largest absolute Gasteiger partial charge is 0.418 e. The van der Waals surface area contributed by atoms with E-state index >= 15 is 0 Å². The zero-order valence-corrected chi connectivity index (χ0v) is 17.1. The summed E-state index contributed by atoms with van der Waals surface area (Å²) in [7, 11) is 0. The average molecular weight is 446 g/mol. The van der Waals surface area contributed by atoms with Gasteiger partial charge in [0.25, 0.3) is 0 Å². The van der Waals surface area contributed by atoms with Crippen LogP contribution in [0.3, 0.4) is 0 Å². The zero-order chi connectivity index (χ0) is 21.8. The number of hydrogen-bond acceptors (Lipinski definition) is 4. The van der Waals surface area contributed by atoms with Gasteiger partial charge in [-0.15, -0.1) is 0 Å². The molecule has 1 N–H and O–H groups in total. The van der Waals surface area contributed by atoms with Crippen LogP contribution >= 0.6 is 11.6 Å². The summed E-state index contributed by atoms with van der Waals surface area (Å²) in [6, 6.07) is 17.0. The van der Waals surface area contributed by atoms with E-state index in [0.717, 1.165) is 11.6 Å². The average Bonchev–Trinajstić information content (AvgIpc) is 2.76. The number of alkyl halides is 3. The van der Waals surface area contributed by atoms with Gasteiger partial charge in [0.1, 0.15) is 11.3 Å². The minimum absolute atomic E-state index is 0.124. The summed E-state index contributed by atoms with van der Waals surface area (Å²) in [5, 5.41) is 3.54. The summed E-state index contributed by atoms with van der Waals surface area (Å²) in [6.45, 7) is 0.944. The van der Waals surface area contributed by atoms with E-state index in [1.165, 1.54) is 12.3 Å². The number of rotatable bonds is 6. The SMILES string of the molecule is FC(F)(F)c1cccnc1-c1ccc2c(c1)NC(CCOCc1ccccc1)N=C2Cl. The highest BCUT2D eigenvalue weighted by Crippen LogP contribution is 2.37. The van der Waals surface area contributed by atoms with Gasteiger partial charge in [0.15, 0.2) is 0 Å². The second-order valence-corrected chi connectivity index (χ2v) is 7.42. The van der Waals surface area contributed by atoms with Gasteiger partial charge < -0.3 is 10.1 Å². The molecular formula is C23H19ClF3N3O. The molecule has 4 rings (SSSR count). The van der Waals surface area contributed by atoms with Crippen LogP contribution in [-0.2, 0) is 17.5 Å². The minimum Gasteiger partial charge on any atom is -0.377 e. The standard InChI is InChI=1S/C23H19ClF3N3O/c24-22-17-9-8-16(21-18(23(25,26)27)7-4-11-28-21)13-19(17)29-20(30-22)10-12-31-14-15-5-2-1-3-6-15/h1-9,11,13,20,29H,10,12,14H2. The lowest BCUT2D eigenvalue weighted by molar-refractivity contribution is -0.137. The maximum Gasteiger partial charge on any atom is 0.418 e. The van der Waals surface area contributed by atoms with Crippen molar-refractivity contribution < 1.29 is 17.9 Å². The first-order valence-corrected chi connectivity index (χ1v) is 10.1. The predicted molar refractivity (Wildman–Crippen MR) is 115 cm³/mol. The third-order valence-corrected chi connectivity index (χ3v) is 5.17. The summed E-state index contributed by atoms with van der Waals surface area (Å²) >= 11 is 6.33. The monoisotopic (exact) mass is 445 g/mol. The Labute approximate surface area is 182 Å². The molecule has 2 aromatic carbocycles. The van der Waals surface area contributed by atoms with E-state index in [4.69, 9.17) is 16.3 Å². The fourth-order valence-electron chi connectivity index (χ4n) is 3.37. The van der Waals surface area contributed by atoms with Gasteiger partial charge in [-0.05, 0) is 29.8 Å². The van der Waals surface area contributed by atoms with Gasteiger partial charge in [0.05, 0.1) is 24.5 Å². The summed E-state index contributed by atoms with van der Waals surface area (Å²) in [5.74, 6) is 0. The molecule has 0 aliphatic carbocycles. The number of nitrogens with zero attached hydrogens (tertiary/aromatic N) is 2. The predicted octanol–water partition coefficient (Wildman–Crippen LogP) is 6.11. The van der Waals surface area contributed by atoms with E-state index in [0.29, 0.717) is 41.6 Å². The van der Waals surface area contributed by atoms with Crippen molar-refractivity contribution in [1.82, 2.24) is 4.98 Å². The normalized spacial score (nSPS) is 15.7. The molecule has 0 fully saturated rings. The second-order valence-electron chi connectivity index (χ2n) is 7.06. The molecule has 3 aromatic rings. The maximum atomic E-state index is 13.4. The molecule has 160 valence electrons. The van der Waals surface area contributed by atoms with E-state index in [2.05, 4.69) is 15.3 Å². The summed E-state index contributed by atoms with van der Waals surface area (Å²) in [6.07, 6.45) is -2.93. The number of anilines is 1. The Bertz CT molecular complexity index is 1090. The van der Waals surface area contributed by atoms with Crippen LogP contribution < -0.4 is 5.32 Å². The number of hydrogen-bond donors (Lipinski definition) is 1. The van der Waals surface area contributed by atoms with Crippen LogP contribution in [0.25, 0.3) is 11.3 Å². The van der Waals surface area contributed by atoms with E-state index in [1.54, 1.807) is 18.2 Å². The minimum atomic E-state index is -4.50. The molecule has 1 aliphatic heterocycles. The van der Waals surface area contributed by atoms with Crippen molar-refractivity contribution in [3.05, 3.63) is 83.6 Å². The summed E-state index contributed by atoms with van der Waals surface area (Å²) < 4.78 is 45.9. The van der Waals surface area contributed by atoms with Gasteiger partial charge in [-0.25, -0.2) is 4.99 Å². The van der Waals surface area contributed by atoms with Gasteiger partial charge in [0.2, 0.25) is 0 Å². The van der Waals surface area contributed by atoms with Crippen LogP contribution in [0.15, 0.2) is 71.9 Å². The third-order valence-electron chi connectivity index (χ3n) is 4.87. The first-order valence-electron chi connectivity index (χ1n) is 9.70. The highest BCUT2D eigenvalue weighted by atomic mass is 35.5. The third kappa shape index (κ3) is 5.06. The first kappa shape index (κ1) is 21.3. The molecule has 0 bridgehead atoms. The maximum absolute atomic E-state index is 13.4. The van der Waals surface area contributed by atoms with Crippen LogP contribution in [0.1, 0.15) is 23.1 Å². The number of fused-ring (bicyclic) bond motifs is 1. The Balaban J connectivity index is 1.48. The van der Waals surface area contributed by atoms with Gasteiger partial charge >= 0.3 is 6.18 Å². The number of halogens is 4. The Morgan fingerprint density at radius 2 is 1.84 bits per heavy atom. The van der Waals surface area contributed by atoms with Gasteiger partial charge in [0, 0.05) is 29.4 Å². The Morgan fingerprint density at radius 1 is 1.03 bits per heavy atom. The van der Waals surface area contributed by atoms with Gasteiger partial charge in [-0.3, -0.25) is 4.98 Å². The van der Waals surface area contributed by atoms with Crippen molar-refractivity contribution in [2.75, 3.05) is 11.9 Å². The second kappa shape index (κ2) is 9.08. The highest BCUT2D eigenvalue weighted by Gasteiger charge is 2.34. The van der Waals surface area contributed by atoms with Crippen molar-refractivity contribution in [3.63, 3.8) is 0 Å². The number of ether oxygens (including phenoxy) is 1. The number of benzene rings is 2. The molecule has 4 nitrogen and oxygen atoms in total. The van der Waals surface area contributed by atoms with Gasteiger partial charge in [-0.2, -0.15) is 13.2 Å². The molecule has 1 aromatic heterocycles. The number of pyridine rings is 1. The molecule has 1 aliphatic rings. The molecule has 8 heteroatoms. The molecule has 1 unspecified atom stereocenters. The van der Waals surface area contributed by atoms with Crippen molar-refractivity contribution in [2.24, 2.45) is 4.99 Å². The number of aromatic nitrogens is 1. The van der Waals surface area contributed by atoms with Gasteiger partial charge in [-0.1, -0.05) is 48.0 Å². The lowest BCUT2D eigenvalue weighted by Gasteiger charge is -2.24. The van der Waals surface area contributed by atoms with Crippen LogP contribution in [0.4, 0.5) is 18.9 Å². The van der Waals surface area contributed by atoms with E-state index in [-0.39, 0.29) is 11.9 Å². The number of aliphatic imine (C=N–C) groups is 1. The van der Waals surface area contributed by atoms with Crippen molar-refractivity contribution in [3.8, 4) is 11.3 Å². The zero-order valence-electron chi connectivity index (χ0n) is 16.4. The van der Waals surface area contributed by atoms with Crippen molar-refractivity contribution in [1.29, 1.82) is 0 Å². The van der Waals surface area contributed by atoms with E-state index in [1.807, 2.05) is 30.3 Å². The molecule has 2 heterocycles. The van der Waals surface area contributed by atoms with Crippen LogP contribution in [0.5, 0.6) is 0 Å². The number of nitrogens with one attached hydrogen (secondary N) is 1. The van der Waals surface area contributed by atoms with Crippen LogP contribution in [-0.4, -0.2) is 22.9 Å². The molecule has 0 amide bonds.